The Morgan fingerprint density at radius 3 is 2.58 bits per heavy atom. The Hall–Kier alpha value is -2.41. The van der Waals surface area contributed by atoms with Crippen LogP contribution >= 0.6 is 0 Å². The van der Waals surface area contributed by atoms with Crippen molar-refractivity contribution in [1.29, 1.82) is 0 Å². The first-order valence-electron chi connectivity index (χ1n) is 7.96. The van der Waals surface area contributed by atoms with Crippen molar-refractivity contribution in [3.05, 3.63) is 35.9 Å². The van der Waals surface area contributed by atoms with Gasteiger partial charge >= 0.3 is 0 Å². The molecule has 1 aliphatic rings. The molecule has 7 nitrogen and oxygen atoms in total. The van der Waals surface area contributed by atoms with Crippen molar-refractivity contribution < 1.29 is 19.1 Å². The first-order valence-corrected chi connectivity index (χ1v) is 7.96. The van der Waals surface area contributed by atoms with Crippen LogP contribution in [0.15, 0.2) is 30.3 Å². The Morgan fingerprint density at radius 1 is 1.29 bits per heavy atom. The number of hydrogen-bond acceptors (Lipinski definition) is 4. The molecule has 7 heteroatoms. The molecule has 1 aromatic carbocycles. The number of rotatable bonds is 7. The van der Waals surface area contributed by atoms with E-state index in [1.165, 1.54) is 4.90 Å². The average molecular weight is 333 g/mol. The highest BCUT2D eigenvalue weighted by Crippen LogP contribution is 2.06. The van der Waals surface area contributed by atoms with Gasteiger partial charge in [-0.1, -0.05) is 30.3 Å². The number of benzene rings is 1. The minimum absolute atomic E-state index is 0.00927. The largest absolute Gasteiger partial charge is 0.378 e. The topological polar surface area (TPSA) is 79.0 Å². The van der Waals surface area contributed by atoms with E-state index in [0.717, 1.165) is 5.56 Å². The fraction of sp³-hybridized carbons (Fsp3) is 0.471. The van der Waals surface area contributed by atoms with Gasteiger partial charge in [-0.05, 0) is 5.56 Å². The van der Waals surface area contributed by atoms with Crippen LogP contribution in [0.2, 0.25) is 0 Å². The molecule has 3 amide bonds. The normalized spacial score (nSPS) is 15.5. The van der Waals surface area contributed by atoms with E-state index in [4.69, 9.17) is 4.74 Å². The number of carbonyl (C=O) groups excluding carboxylic acids is 3. The van der Waals surface area contributed by atoms with E-state index in [1.54, 1.807) is 11.9 Å². The summed E-state index contributed by atoms with van der Waals surface area (Å²) < 4.78 is 5.22. The molecular formula is C17H23N3O4. The Kier molecular flexibility index (Phi) is 6.74. The molecule has 1 aromatic rings. The summed E-state index contributed by atoms with van der Waals surface area (Å²) in [6.45, 7) is 2.12. The van der Waals surface area contributed by atoms with Gasteiger partial charge in [-0.3, -0.25) is 14.4 Å². The summed E-state index contributed by atoms with van der Waals surface area (Å²) in [5, 5.41) is 2.55. The average Bonchev–Trinajstić information content (AvgIpc) is 2.62. The highest BCUT2D eigenvalue weighted by Gasteiger charge is 2.25. The van der Waals surface area contributed by atoms with Crippen molar-refractivity contribution in [2.75, 3.05) is 39.9 Å². The summed E-state index contributed by atoms with van der Waals surface area (Å²) >= 11 is 0. The van der Waals surface area contributed by atoms with Gasteiger partial charge in [-0.15, -0.1) is 0 Å². The monoisotopic (exact) mass is 333 g/mol. The van der Waals surface area contributed by atoms with Gasteiger partial charge in [-0.2, -0.15) is 0 Å². The number of hydrogen-bond donors (Lipinski definition) is 1. The predicted molar refractivity (Wildman–Crippen MR) is 88.2 cm³/mol. The zero-order chi connectivity index (χ0) is 17.4. The molecule has 0 saturated carbocycles. The van der Waals surface area contributed by atoms with Gasteiger partial charge < -0.3 is 19.9 Å². The molecule has 1 atom stereocenters. The molecule has 1 heterocycles. The number of amides is 3. The lowest BCUT2D eigenvalue weighted by molar-refractivity contribution is -0.143. The van der Waals surface area contributed by atoms with E-state index in [1.807, 2.05) is 30.3 Å². The maximum atomic E-state index is 12.6. The van der Waals surface area contributed by atoms with Crippen LogP contribution in [0.25, 0.3) is 0 Å². The van der Waals surface area contributed by atoms with E-state index in [-0.39, 0.29) is 18.4 Å². The van der Waals surface area contributed by atoms with Crippen LogP contribution in [-0.4, -0.2) is 74.0 Å². The van der Waals surface area contributed by atoms with Crippen molar-refractivity contribution in [1.82, 2.24) is 15.1 Å². The number of carbonyl (C=O) groups is 3. The number of nitrogens with zero attached hydrogens (tertiary/aromatic N) is 2. The highest BCUT2D eigenvalue weighted by atomic mass is 16.5. The predicted octanol–water partition coefficient (Wildman–Crippen LogP) is -0.339. The van der Waals surface area contributed by atoms with Gasteiger partial charge in [0.15, 0.2) is 0 Å². The van der Waals surface area contributed by atoms with Crippen molar-refractivity contribution in [3.8, 4) is 0 Å². The minimum Gasteiger partial charge on any atom is -0.378 e. The second kappa shape index (κ2) is 9.02. The summed E-state index contributed by atoms with van der Waals surface area (Å²) in [6, 6.07) is 8.75. The third-order valence-electron chi connectivity index (χ3n) is 3.96. The molecule has 24 heavy (non-hydrogen) atoms. The molecule has 0 aliphatic carbocycles. The van der Waals surface area contributed by atoms with Gasteiger partial charge in [0.1, 0.15) is 6.04 Å². The van der Waals surface area contributed by atoms with Crippen LogP contribution in [0, 0.1) is 0 Å². The second-order valence-corrected chi connectivity index (χ2v) is 5.71. The molecule has 130 valence electrons. The molecule has 1 fully saturated rings. The smallest absolute Gasteiger partial charge is 0.245 e. The maximum Gasteiger partial charge on any atom is 0.245 e. The highest BCUT2D eigenvalue weighted by molar-refractivity contribution is 5.88. The van der Waals surface area contributed by atoms with E-state index < -0.39 is 6.04 Å². The summed E-state index contributed by atoms with van der Waals surface area (Å²) in [4.78, 5) is 38.7. The molecule has 0 bridgehead atoms. The molecule has 1 saturated heterocycles. The van der Waals surface area contributed by atoms with Gasteiger partial charge in [0, 0.05) is 26.6 Å². The Balaban J connectivity index is 1.94. The van der Waals surface area contributed by atoms with Crippen LogP contribution in [0.1, 0.15) is 5.56 Å². The van der Waals surface area contributed by atoms with E-state index >= 15 is 0 Å². The first-order chi connectivity index (χ1) is 11.6. The van der Waals surface area contributed by atoms with Gasteiger partial charge in [-0.25, -0.2) is 0 Å². The third kappa shape index (κ3) is 5.06. The molecule has 2 rings (SSSR count). The molecule has 0 unspecified atom stereocenters. The van der Waals surface area contributed by atoms with Crippen LogP contribution in [0.4, 0.5) is 0 Å². The summed E-state index contributed by atoms with van der Waals surface area (Å²) in [5.74, 6) is -0.397. The Bertz CT molecular complexity index is 558. The van der Waals surface area contributed by atoms with Gasteiger partial charge in [0.25, 0.3) is 0 Å². The van der Waals surface area contributed by atoms with Crippen molar-refractivity contribution in [3.63, 3.8) is 0 Å². The quantitative estimate of drug-likeness (QED) is 0.693. The summed E-state index contributed by atoms with van der Waals surface area (Å²) in [5.41, 5.74) is 0.943. The molecule has 0 radical (unpaired) electrons. The summed E-state index contributed by atoms with van der Waals surface area (Å²) in [7, 11) is 1.57. The van der Waals surface area contributed by atoms with Crippen LogP contribution in [0.5, 0.6) is 0 Å². The zero-order valence-electron chi connectivity index (χ0n) is 13.8. The van der Waals surface area contributed by atoms with E-state index in [9.17, 15) is 14.4 Å². The van der Waals surface area contributed by atoms with E-state index in [2.05, 4.69) is 5.32 Å². The van der Waals surface area contributed by atoms with Crippen molar-refractivity contribution in [2.24, 2.45) is 0 Å². The van der Waals surface area contributed by atoms with Crippen LogP contribution in [0.3, 0.4) is 0 Å². The van der Waals surface area contributed by atoms with Crippen LogP contribution in [-0.2, 0) is 25.5 Å². The van der Waals surface area contributed by atoms with Crippen LogP contribution < -0.4 is 5.32 Å². The lowest BCUT2D eigenvalue weighted by atomic mass is 10.1. The summed E-state index contributed by atoms with van der Waals surface area (Å²) in [6.07, 6.45) is 0.900. The number of ether oxygens (including phenoxy) is 1. The second-order valence-electron chi connectivity index (χ2n) is 5.71. The fourth-order valence-corrected chi connectivity index (χ4v) is 2.61. The standard InChI is InChI=1S/C17H23N3O4/c1-19(12-16(22)20-7-9-24-10-8-20)17(23)15(18-13-21)11-14-5-3-2-4-6-14/h2-6,13,15H,7-12H2,1H3,(H,18,21)/t15-/m0/s1. The third-order valence-corrected chi connectivity index (χ3v) is 3.96. The SMILES string of the molecule is CN(CC(=O)N1CCOCC1)C(=O)[C@H](Cc1ccccc1)NC=O. The molecule has 0 spiro atoms. The molecular weight excluding hydrogens is 310 g/mol. The Labute approximate surface area is 141 Å². The van der Waals surface area contributed by atoms with E-state index in [0.29, 0.717) is 39.1 Å². The maximum absolute atomic E-state index is 12.6. The van der Waals surface area contributed by atoms with Gasteiger partial charge in [0.2, 0.25) is 18.2 Å². The lowest BCUT2D eigenvalue weighted by Gasteiger charge is -2.29. The van der Waals surface area contributed by atoms with Crippen molar-refractivity contribution in [2.45, 2.75) is 12.5 Å². The minimum atomic E-state index is -0.688. The fourth-order valence-electron chi connectivity index (χ4n) is 2.61. The lowest BCUT2D eigenvalue weighted by Crippen LogP contribution is -2.50. The zero-order valence-corrected chi connectivity index (χ0v) is 13.8. The first kappa shape index (κ1) is 17.9. The Morgan fingerprint density at radius 2 is 1.96 bits per heavy atom. The van der Waals surface area contributed by atoms with Gasteiger partial charge in [0.05, 0.1) is 19.8 Å². The van der Waals surface area contributed by atoms with Crippen molar-refractivity contribution >= 4 is 18.2 Å². The number of nitrogens with one attached hydrogen (secondary N) is 1. The molecule has 1 N–H and O–H groups in total. The number of morpholine rings is 1. The molecule has 1 aliphatic heterocycles. The number of likely N-dealkylation sites (N-methyl/N-ethyl adjacent to an activating group) is 1. The molecule has 0 aromatic heterocycles.